The van der Waals surface area contributed by atoms with Gasteiger partial charge in [-0.05, 0) is 41.8 Å². The summed E-state index contributed by atoms with van der Waals surface area (Å²) in [5, 5.41) is 9.08. The van der Waals surface area contributed by atoms with E-state index in [1.807, 2.05) is 43.3 Å². The molecule has 0 spiro atoms. The van der Waals surface area contributed by atoms with Gasteiger partial charge < -0.3 is 14.4 Å². The molecule has 1 amide bonds. The number of benzene rings is 2. The highest BCUT2D eigenvalue weighted by Crippen LogP contribution is 2.29. The zero-order valence-corrected chi connectivity index (χ0v) is 16.4. The summed E-state index contributed by atoms with van der Waals surface area (Å²) in [6.45, 7) is 1.94. The fourth-order valence-corrected chi connectivity index (χ4v) is 3.62. The van der Waals surface area contributed by atoms with Gasteiger partial charge in [0.2, 0.25) is 0 Å². The Labute approximate surface area is 172 Å². The van der Waals surface area contributed by atoms with Gasteiger partial charge in [0, 0.05) is 25.4 Å². The highest BCUT2D eigenvalue weighted by Gasteiger charge is 2.40. The van der Waals surface area contributed by atoms with Crippen molar-refractivity contribution in [3.05, 3.63) is 54.1 Å². The number of carbonyl (C=O) groups is 1. The van der Waals surface area contributed by atoms with Crippen LogP contribution in [0.3, 0.4) is 0 Å². The first-order valence-electron chi connectivity index (χ1n) is 9.62. The van der Waals surface area contributed by atoms with E-state index in [1.54, 1.807) is 12.1 Å². The van der Waals surface area contributed by atoms with E-state index < -0.39 is 18.5 Å². The molecule has 3 rings (SSSR count). The first-order valence-corrected chi connectivity index (χ1v) is 9.62. The number of rotatable bonds is 4. The fraction of sp³-hybridized carbons (Fsp3) is 0.364. The molecule has 8 heteroatoms. The first-order chi connectivity index (χ1) is 14.3. The molecule has 1 fully saturated rings. The molecule has 0 bridgehead atoms. The van der Waals surface area contributed by atoms with Crippen LogP contribution in [0.1, 0.15) is 31.7 Å². The second-order valence-electron chi connectivity index (χ2n) is 7.05. The van der Waals surface area contributed by atoms with Crippen LogP contribution in [0.2, 0.25) is 0 Å². The molecule has 2 atom stereocenters. The van der Waals surface area contributed by atoms with Crippen molar-refractivity contribution in [3.8, 4) is 22.9 Å². The lowest BCUT2D eigenvalue weighted by atomic mass is 9.97. The van der Waals surface area contributed by atoms with Crippen LogP contribution in [0.4, 0.5) is 18.0 Å². The van der Waals surface area contributed by atoms with Gasteiger partial charge in [-0.1, -0.05) is 31.2 Å². The normalized spacial score (nSPS) is 19.1. The van der Waals surface area contributed by atoms with Gasteiger partial charge in [0.1, 0.15) is 11.9 Å². The predicted molar refractivity (Wildman–Crippen MR) is 104 cm³/mol. The molecule has 158 valence electrons. The number of alkyl halides is 3. The second kappa shape index (κ2) is 9.08. The number of hydrogen-bond donors (Lipinski definition) is 0. The molecule has 1 aliphatic heterocycles. The monoisotopic (exact) mass is 418 g/mol. The minimum Gasteiger partial charge on any atom is -0.490 e. The maximum Gasteiger partial charge on any atom is 0.576 e. The van der Waals surface area contributed by atoms with Gasteiger partial charge in [-0.25, -0.2) is 4.79 Å². The molecule has 0 N–H and O–H groups in total. The van der Waals surface area contributed by atoms with Gasteiger partial charge in [-0.3, -0.25) is 0 Å². The first kappa shape index (κ1) is 21.5. The zero-order valence-electron chi connectivity index (χ0n) is 16.4. The van der Waals surface area contributed by atoms with Gasteiger partial charge in [-0.15, -0.1) is 13.2 Å². The van der Waals surface area contributed by atoms with Crippen molar-refractivity contribution in [1.82, 2.24) is 4.90 Å². The summed E-state index contributed by atoms with van der Waals surface area (Å²) in [7, 11) is 0. The molecular weight excluding hydrogens is 397 g/mol. The summed E-state index contributed by atoms with van der Waals surface area (Å²) in [5.74, 6) is 0.626. The number of nitriles is 1. The SMILES string of the molecule is CCC1CC(Oc2cccc(-c3cccc(C#N)c3)c2)CCN1C(=O)OC(F)(F)F. The lowest BCUT2D eigenvalue weighted by Crippen LogP contribution is -2.49. The van der Waals surface area contributed by atoms with E-state index in [2.05, 4.69) is 10.8 Å². The van der Waals surface area contributed by atoms with E-state index in [0.717, 1.165) is 16.0 Å². The minimum absolute atomic E-state index is 0.127. The Kier molecular flexibility index (Phi) is 6.50. The van der Waals surface area contributed by atoms with Crippen LogP contribution in [0.15, 0.2) is 48.5 Å². The molecule has 2 aromatic rings. The molecule has 0 aromatic heterocycles. The molecular formula is C22H21F3N2O3. The van der Waals surface area contributed by atoms with Gasteiger partial charge >= 0.3 is 12.5 Å². The highest BCUT2D eigenvalue weighted by molar-refractivity contribution is 5.68. The minimum atomic E-state index is -4.99. The standard InChI is InChI=1S/C22H21F3N2O3/c1-2-18-13-20(9-10-27(18)21(28)30-22(23,24)25)29-19-8-4-7-17(12-19)16-6-3-5-15(11-16)14-26/h3-8,11-12,18,20H,2,9-10,13H2,1H3. The van der Waals surface area contributed by atoms with Crippen molar-refractivity contribution >= 4 is 6.09 Å². The summed E-state index contributed by atoms with van der Waals surface area (Å²) in [6.07, 6.45) is -5.28. The van der Waals surface area contributed by atoms with Crippen LogP contribution < -0.4 is 4.74 Å². The maximum atomic E-state index is 12.4. The van der Waals surface area contributed by atoms with E-state index >= 15 is 0 Å². The quantitative estimate of drug-likeness (QED) is 0.657. The summed E-state index contributed by atoms with van der Waals surface area (Å²) in [6, 6.07) is 16.4. The molecule has 0 aliphatic carbocycles. The number of ether oxygens (including phenoxy) is 2. The van der Waals surface area contributed by atoms with E-state index in [9.17, 15) is 18.0 Å². The van der Waals surface area contributed by atoms with Crippen LogP contribution in [0.5, 0.6) is 5.75 Å². The van der Waals surface area contributed by atoms with E-state index in [1.165, 1.54) is 0 Å². The smallest absolute Gasteiger partial charge is 0.490 e. The van der Waals surface area contributed by atoms with Crippen molar-refractivity contribution in [2.24, 2.45) is 0 Å². The Balaban J connectivity index is 1.68. The summed E-state index contributed by atoms with van der Waals surface area (Å²) < 4.78 is 46.7. The van der Waals surface area contributed by atoms with Gasteiger partial charge in [0.15, 0.2) is 0 Å². The number of halogens is 3. The molecule has 0 saturated carbocycles. The molecule has 5 nitrogen and oxygen atoms in total. The number of amides is 1. The van der Waals surface area contributed by atoms with Crippen LogP contribution in [-0.2, 0) is 4.74 Å². The highest BCUT2D eigenvalue weighted by atomic mass is 19.4. The van der Waals surface area contributed by atoms with Crippen LogP contribution in [0.25, 0.3) is 11.1 Å². The van der Waals surface area contributed by atoms with Crippen LogP contribution in [-0.4, -0.2) is 36.0 Å². The predicted octanol–water partition coefficient (Wildman–Crippen LogP) is 5.50. The average molecular weight is 418 g/mol. The van der Waals surface area contributed by atoms with Gasteiger partial charge in [0.05, 0.1) is 11.6 Å². The Hall–Kier alpha value is -3.21. The largest absolute Gasteiger partial charge is 0.576 e. The van der Waals surface area contributed by atoms with Crippen LogP contribution >= 0.6 is 0 Å². The third kappa shape index (κ3) is 5.44. The van der Waals surface area contributed by atoms with Crippen molar-refractivity contribution < 1.29 is 27.4 Å². The van der Waals surface area contributed by atoms with Crippen molar-refractivity contribution in [2.45, 2.75) is 44.7 Å². The number of likely N-dealkylation sites (tertiary alicyclic amines) is 1. The summed E-state index contributed by atoms with van der Waals surface area (Å²) >= 11 is 0. The maximum absolute atomic E-state index is 12.4. The number of carbonyl (C=O) groups excluding carboxylic acids is 1. The lowest BCUT2D eigenvalue weighted by molar-refractivity contribution is -0.295. The third-order valence-corrected chi connectivity index (χ3v) is 5.04. The summed E-state index contributed by atoms with van der Waals surface area (Å²) in [4.78, 5) is 12.9. The second-order valence-corrected chi connectivity index (χ2v) is 7.05. The van der Waals surface area contributed by atoms with Crippen molar-refractivity contribution in [3.63, 3.8) is 0 Å². The topological polar surface area (TPSA) is 62.6 Å². The molecule has 1 saturated heterocycles. The molecule has 1 aliphatic rings. The van der Waals surface area contributed by atoms with E-state index in [-0.39, 0.29) is 12.6 Å². The fourth-order valence-electron chi connectivity index (χ4n) is 3.62. The number of nitrogens with zero attached hydrogens (tertiary/aromatic N) is 2. The zero-order chi connectivity index (χ0) is 21.7. The van der Waals surface area contributed by atoms with Crippen LogP contribution in [0, 0.1) is 11.3 Å². The van der Waals surface area contributed by atoms with Crippen molar-refractivity contribution in [1.29, 1.82) is 5.26 Å². The molecule has 2 aromatic carbocycles. The number of piperidine rings is 1. The van der Waals surface area contributed by atoms with Gasteiger partial charge in [-0.2, -0.15) is 5.26 Å². The molecule has 1 heterocycles. The summed E-state index contributed by atoms with van der Waals surface area (Å²) in [5.41, 5.74) is 2.33. The molecule has 30 heavy (non-hydrogen) atoms. The lowest BCUT2D eigenvalue weighted by Gasteiger charge is -2.38. The number of hydrogen-bond acceptors (Lipinski definition) is 4. The third-order valence-electron chi connectivity index (χ3n) is 5.04. The Morgan fingerprint density at radius 2 is 1.90 bits per heavy atom. The Morgan fingerprint density at radius 1 is 1.20 bits per heavy atom. The van der Waals surface area contributed by atoms with E-state index in [0.29, 0.717) is 30.6 Å². The van der Waals surface area contributed by atoms with E-state index in [4.69, 9.17) is 10.00 Å². The Morgan fingerprint density at radius 3 is 2.57 bits per heavy atom. The van der Waals surface area contributed by atoms with Gasteiger partial charge in [0.25, 0.3) is 0 Å². The van der Waals surface area contributed by atoms with Crippen molar-refractivity contribution in [2.75, 3.05) is 6.54 Å². The average Bonchev–Trinajstić information content (AvgIpc) is 2.72. The Bertz CT molecular complexity index is 940. The molecule has 2 unspecified atom stereocenters. The molecule has 0 radical (unpaired) electrons.